The van der Waals surface area contributed by atoms with E-state index in [1.54, 1.807) is 12.1 Å². The Morgan fingerprint density at radius 1 is 1.60 bits per heavy atom. The first-order valence-electron chi connectivity index (χ1n) is 4.18. The third-order valence-corrected chi connectivity index (χ3v) is 2.49. The predicted molar refractivity (Wildman–Crippen MR) is 64.4 cm³/mol. The van der Waals surface area contributed by atoms with E-state index in [1.165, 1.54) is 6.08 Å². The first kappa shape index (κ1) is 12.1. The van der Waals surface area contributed by atoms with Crippen LogP contribution in [0.5, 0.6) is 0 Å². The van der Waals surface area contributed by atoms with Crippen LogP contribution in [-0.2, 0) is 4.79 Å². The summed E-state index contributed by atoms with van der Waals surface area (Å²) in [7, 11) is 0. The van der Waals surface area contributed by atoms with Crippen molar-refractivity contribution in [3.05, 3.63) is 39.8 Å². The Balaban J connectivity index is 2.54. The van der Waals surface area contributed by atoms with E-state index in [1.807, 2.05) is 6.07 Å². The first-order chi connectivity index (χ1) is 7.09. The molecule has 15 heavy (non-hydrogen) atoms. The third kappa shape index (κ3) is 4.36. The zero-order valence-corrected chi connectivity index (χ0v) is 10.0. The zero-order chi connectivity index (χ0) is 11.3. The van der Waals surface area contributed by atoms with Crippen LogP contribution >= 0.6 is 27.5 Å². The minimum atomic E-state index is -0.952. The molecule has 80 valence electrons. The van der Waals surface area contributed by atoms with Crippen molar-refractivity contribution in [1.29, 1.82) is 0 Å². The molecule has 0 bridgehead atoms. The highest BCUT2D eigenvalue weighted by atomic mass is 79.9. The normalized spacial score (nSPS) is 10.5. The van der Waals surface area contributed by atoms with Crippen LogP contribution in [0.1, 0.15) is 0 Å². The van der Waals surface area contributed by atoms with Gasteiger partial charge in [-0.3, -0.25) is 0 Å². The molecule has 0 aliphatic heterocycles. The van der Waals surface area contributed by atoms with Crippen LogP contribution < -0.4 is 5.32 Å². The van der Waals surface area contributed by atoms with Gasteiger partial charge in [-0.05, 0) is 34.1 Å². The number of anilines is 1. The Labute approximate surface area is 101 Å². The summed E-state index contributed by atoms with van der Waals surface area (Å²) in [4.78, 5) is 10.2. The van der Waals surface area contributed by atoms with E-state index in [4.69, 9.17) is 16.7 Å². The van der Waals surface area contributed by atoms with Crippen molar-refractivity contribution in [2.24, 2.45) is 0 Å². The average Bonchev–Trinajstić information content (AvgIpc) is 2.14. The van der Waals surface area contributed by atoms with Crippen LogP contribution in [0.2, 0.25) is 5.02 Å². The molecule has 0 aliphatic rings. The summed E-state index contributed by atoms with van der Waals surface area (Å²) >= 11 is 9.11. The molecule has 1 rings (SSSR count). The molecule has 0 unspecified atom stereocenters. The lowest BCUT2D eigenvalue weighted by Gasteiger charge is -2.05. The number of carboxylic acid groups (broad SMARTS) is 1. The topological polar surface area (TPSA) is 49.3 Å². The molecule has 2 N–H and O–H groups in total. The summed E-state index contributed by atoms with van der Waals surface area (Å²) in [5.74, 6) is -0.952. The molecular formula is C10H9BrClNO2. The summed E-state index contributed by atoms with van der Waals surface area (Å²) in [6.07, 6.45) is 2.63. The molecule has 0 saturated carbocycles. The quantitative estimate of drug-likeness (QED) is 0.838. The fraction of sp³-hybridized carbons (Fsp3) is 0.100. The van der Waals surface area contributed by atoms with Gasteiger partial charge >= 0.3 is 5.97 Å². The lowest BCUT2D eigenvalue weighted by atomic mass is 10.3. The highest BCUT2D eigenvalue weighted by Gasteiger charge is 1.98. The Morgan fingerprint density at radius 2 is 2.33 bits per heavy atom. The minimum Gasteiger partial charge on any atom is -0.478 e. The number of rotatable bonds is 4. The number of aliphatic carboxylic acids is 1. The molecule has 0 amide bonds. The molecule has 0 aliphatic carbocycles. The number of halogens is 2. The number of hydrogen-bond acceptors (Lipinski definition) is 2. The van der Waals surface area contributed by atoms with Crippen molar-refractivity contribution in [2.75, 3.05) is 11.9 Å². The highest BCUT2D eigenvalue weighted by molar-refractivity contribution is 9.10. The van der Waals surface area contributed by atoms with Crippen LogP contribution in [-0.4, -0.2) is 17.6 Å². The van der Waals surface area contributed by atoms with Crippen LogP contribution in [0.3, 0.4) is 0 Å². The van der Waals surface area contributed by atoms with Gasteiger partial charge in [0.2, 0.25) is 0 Å². The Morgan fingerprint density at radius 3 is 2.93 bits per heavy atom. The maximum Gasteiger partial charge on any atom is 0.328 e. The van der Waals surface area contributed by atoms with Crippen molar-refractivity contribution in [2.45, 2.75) is 0 Å². The Kier molecular flexibility index (Phi) is 4.65. The van der Waals surface area contributed by atoms with E-state index >= 15 is 0 Å². The van der Waals surface area contributed by atoms with Gasteiger partial charge in [-0.15, -0.1) is 0 Å². The number of nitrogens with one attached hydrogen (secondary N) is 1. The predicted octanol–water partition coefficient (Wildman–Crippen LogP) is 3.16. The highest BCUT2D eigenvalue weighted by Crippen LogP contribution is 2.25. The lowest BCUT2D eigenvalue weighted by Crippen LogP contribution is -1.99. The van der Waals surface area contributed by atoms with Crippen molar-refractivity contribution in [3.63, 3.8) is 0 Å². The van der Waals surface area contributed by atoms with Crippen LogP contribution in [0.4, 0.5) is 5.69 Å². The van der Waals surface area contributed by atoms with Gasteiger partial charge < -0.3 is 10.4 Å². The van der Waals surface area contributed by atoms with Gasteiger partial charge in [0.1, 0.15) is 0 Å². The minimum absolute atomic E-state index is 0.451. The smallest absolute Gasteiger partial charge is 0.328 e. The molecule has 1 aromatic rings. The largest absolute Gasteiger partial charge is 0.478 e. The number of carbonyl (C=O) groups is 1. The third-order valence-electron chi connectivity index (χ3n) is 1.60. The lowest BCUT2D eigenvalue weighted by molar-refractivity contribution is -0.131. The summed E-state index contributed by atoms with van der Waals surface area (Å²) in [6.45, 7) is 0.451. The molecular weight excluding hydrogens is 281 g/mol. The molecule has 0 heterocycles. The summed E-state index contributed by atoms with van der Waals surface area (Å²) in [5.41, 5.74) is 0.870. The summed E-state index contributed by atoms with van der Waals surface area (Å²) in [6, 6.07) is 5.35. The van der Waals surface area contributed by atoms with Crippen molar-refractivity contribution in [1.82, 2.24) is 0 Å². The second-order valence-corrected chi connectivity index (χ2v) is 4.04. The van der Waals surface area contributed by atoms with Gasteiger partial charge in [-0.25, -0.2) is 4.79 Å². The summed E-state index contributed by atoms with van der Waals surface area (Å²) < 4.78 is 0.846. The number of benzene rings is 1. The zero-order valence-electron chi connectivity index (χ0n) is 7.71. The van der Waals surface area contributed by atoms with E-state index in [0.717, 1.165) is 16.2 Å². The van der Waals surface area contributed by atoms with Crippen LogP contribution in [0.15, 0.2) is 34.8 Å². The molecule has 0 radical (unpaired) electrons. The van der Waals surface area contributed by atoms with E-state index in [9.17, 15) is 4.79 Å². The van der Waals surface area contributed by atoms with Gasteiger partial charge in [0.15, 0.2) is 0 Å². The van der Waals surface area contributed by atoms with Crippen molar-refractivity contribution < 1.29 is 9.90 Å². The average molecular weight is 291 g/mol. The summed E-state index contributed by atoms with van der Waals surface area (Å²) in [5, 5.41) is 12.0. The van der Waals surface area contributed by atoms with E-state index in [0.29, 0.717) is 11.6 Å². The molecule has 3 nitrogen and oxygen atoms in total. The Bertz CT molecular complexity index is 393. The van der Waals surface area contributed by atoms with E-state index < -0.39 is 5.97 Å². The molecule has 0 saturated heterocycles. The van der Waals surface area contributed by atoms with Crippen LogP contribution in [0, 0.1) is 0 Å². The monoisotopic (exact) mass is 289 g/mol. The fourth-order valence-corrected chi connectivity index (χ4v) is 1.78. The number of hydrogen-bond donors (Lipinski definition) is 2. The molecule has 0 spiro atoms. The van der Waals surface area contributed by atoms with E-state index in [2.05, 4.69) is 21.2 Å². The fourth-order valence-electron chi connectivity index (χ4n) is 0.961. The van der Waals surface area contributed by atoms with Gasteiger partial charge in [0, 0.05) is 27.8 Å². The van der Waals surface area contributed by atoms with Crippen molar-refractivity contribution >= 4 is 39.2 Å². The van der Waals surface area contributed by atoms with Gasteiger partial charge in [0.05, 0.1) is 0 Å². The Hall–Kier alpha value is -1.000. The molecule has 0 atom stereocenters. The molecule has 1 aromatic carbocycles. The van der Waals surface area contributed by atoms with Gasteiger partial charge in [-0.1, -0.05) is 17.7 Å². The second kappa shape index (κ2) is 5.78. The maximum absolute atomic E-state index is 10.2. The maximum atomic E-state index is 10.2. The van der Waals surface area contributed by atoms with Crippen molar-refractivity contribution in [3.8, 4) is 0 Å². The van der Waals surface area contributed by atoms with Crippen LogP contribution in [0.25, 0.3) is 0 Å². The SMILES string of the molecule is O=C(O)/C=C/CNc1ccc(Cl)cc1Br. The molecule has 0 aromatic heterocycles. The van der Waals surface area contributed by atoms with Gasteiger partial charge in [0.25, 0.3) is 0 Å². The van der Waals surface area contributed by atoms with Gasteiger partial charge in [-0.2, -0.15) is 0 Å². The van der Waals surface area contributed by atoms with E-state index in [-0.39, 0.29) is 0 Å². The second-order valence-electron chi connectivity index (χ2n) is 2.75. The first-order valence-corrected chi connectivity index (χ1v) is 5.35. The molecule has 5 heteroatoms. The standard InChI is InChI=1S/C10H9BrClNO2/c11-8-6-7(12)3-4-9(8)13-5-1-2-10(14)15/h1-4,6,13H,5H2,(H,14,15)/b2-1+. The molecule has 0 fully saturated rings. The number of carboxylic acids is 1.